The minimum atomic E-state index is -4.41. The summed E-state index contributed by atoms with van der Waals surface area (Å²) in [6.07, 6.45) is -2.89. The van der Waals surface area contributed by atoms with Crippen molar-refractivity contribution >= 4 is 5.95 Å². The molecule has 1 aromatic carbocycles. The summed E-state index contributed by atoms with van der Waals surface area (Å²) in [5.74, 6) is 0.324. The monoisotopic (exact) mass is 281 g/mol. The van der Waals surface area contributed by atoms with Crippen LogP contribution in [0.4, 0.5) is 19.1 Å². The van der Waals surface area contributed by atoms with E-state index in [0.717, 1.165) is 6.07 Å². The zero-order valence-corrected chi connectivity index (χ0v) is 11.1. The van der Waals surface area contributed by atoms with Gasteiger partial charge in [0.2, 0.25) is 5.95 Å². The van der Waals surface area contributed by atoms with Gasteiger partial charge in [-0.3, -0.25) is 0 Å². The molecule has 106 valence electrons. The Bertz CT molecular complexity index is 609. The van der Waals surface area contributed by atoms with Gasteiger partial charge in [-0.1, -0.05) is 18.2 Å². The standard InChI is InChI=1S/C14H14F3N3/c1-3-18-13-19-8-9(2)12(20-13)10-6-4-5-7-11(10)14(15,16)17/h4-8H,3H2,1-2H3,(H,18,19,20). The fourth-order valence-electron chi connectivity index (χ4n) is 1.89. The van der Waals surface area contributed by atoms with Crippen LogP contribution in [0.5, 0.6) is 0 Å². The normalized spacial score (nSPS) is 11.4. The van der Waals surface area contributed by atoms with Gasteiger partial charge in [-0.25, -0.2) is 9.97 Å². The van der Waals surface area contributed by atoms with Crippen molar-refractivity contribution in [3.8, 4) is 11.3 Å². The molecule has 0 radical (unpaired) electrons. The Kier molecular flexibility index (Phi) is 3.92. The van der Waals surface area contributed by atoms with Crippen molar-refractivity contribution < 1.29 is 13.2 Å². The summed E-state index contributed by atoms with van der Waals surface area (Å²) < 4.78 is 39.2. The van der Waals surface area contributed by atoms with Crippen molar-refractivity contribution in [3.05, 3.63) is 41.6 Å². The van der Waals surface area contributed by atoms with Gasteiger partial charge in [0, 0.05) is 18.3 Å². The highest BCUT2D eigenvalue weighted by Gasteiger charge is 2.34. The molecule has 1 heterocycles. The first-order chi connectivity index (χ1) is 9.43. The molecule has 3 nitrogen and oxygen atoms in total. The zero-order valence-electron chi connectivity index (χ0n) is 11.1. The molecule has 0 amide bonds. The van der Waals surface area contributed by atoms with Gasteiger partial charge in [-0.05, 0) is 25.5 Å². The first-order valence-corrected chi connectivity index (χ1v) is 6.17. The van der Waals surface area contributed by atoms with Gasteiger partial charge >= 0.3 is 6.18 Å². The number of aryl methyl sites for hydroxylation is 1. The maximum atomic E-state index is 13.1. The van der Waals surface area contributed by atoms with Gasteiger partial charge in [0.15, 0.2) is 0 Å². The average molecular weight is 281 g/mol. The molecule has 1 N–H and O–H groups in total. The summed E-state index contributed by atoms with van der Waals surface area (Å²) in [5, 5.41) is 2.90. The molecule has 1 aromatic heterocycles. The van der Waals surface area contributed by atoms with Gasteiger partial charge in [-0.15, -0.1) is 0 Å². The van der Waals surface area contributed by atoms with Gasteiger partial charge in [0.25, 0.3) is 0 Å². The van der Waals surface area contributed by atoms with Crippen LogP contribution in [0.2, 0.25) is 0 Å². The number of anilines is 1. The van der Waals surface area contributed by atoms with Crippen molar-refractivity contribution in [2.45, 2.75) is 20.0 Å². The lowest BCUT2D eigenvalue weighted by Gasteiger charge is -2.14. The Morgan fingerprint density at radius 2 is 1.90 bits per heavy atom. The number of aromatic nitrogens is 2. The lowest BCUT2D eigenvalue weighted by Crippen LogP contribution is -2.09. The molecule has 20 heavy (non-hydrogen) atoms. The first-order valence-electron chi connectivity index (χ1n) is 6.17. The lowest BCUT2D eigenvalue weighted by molar-refractivity contribution is -0.137. The van der Waals surface area contributed by atoms with Gasteiger partial charge in [0.05, 0.1) is 11.3 Å². The van der Waals surface area contributed by atoms with Crippen LogP contribution < -0.4 is 5.32 Å². The highest BCUT2D eigenvalue weighted by Crippen LogP contribution is 2.37. The Morgan fingerprint density at radius 3 is 2.55 bits per heavy atom. The number of hydrogen-bond donors (Lipinski definition) is 1. The third kappa shape index (κ3) is 2.89. The number of rotatable bonds is 3. The lowest BCUT2D eigenvalue weighted by atomic mass is 10.0. The van der Waals surface area contributed by atoms with Crippen molar-refractivity contribution in [2.24, 2.45) is 0 Å². The predicted octanol–water partition coefficient (Wildman–Crippen LogP) is 3.90. The largest absolute Gasteiger partial charge is 0.417 e. The summed E-state index contributed by atoms with van der Waals surface area (Å²) in [6.45, 7) is 4.16. The second kappa shape index (κ2) is 5.48. The molecule has 0 saturated heterocycles. The van der Waals surface area contributed by atoms with E-state index in [-0.39, 0.29) is 5.56 Å². The quantitative estimate of drug-likeness (QED) is 0.927. The Morgan fingerprint density at radius 1 is 1.20 bits per heavy atom. The average Bonchev–Trinajstić information content (AvgIpc) is 2.40. The summed E-state index contributed by atoms with van der Waals surface area (Å²) >= 11 is 0. The minimum Gasteiger partial charge on any atom is -0.354 e. The SMILES string of the molecule is CCNc1ncc(C)c(-c2ccccc2C(F)(F)F)n1. The summed E-state index contributed by atoms with van der Waals surface area (Å²) in [6, 6.07) is 5.42. The zero-order chi connectivity index (χ0) is 14.8. The van der Waals surface area contributed by atoms with Crippen LogP contribution in [-0.4, -0.2) is 16.5 Å². The Hall–Kier alpha value is -2.11. The van der Waals surface area contributed by atoms with Crippen molar-refractivity contribution in [2.75, 3.05) is 11.9 Å². The highest BCUT2D eigenvalue weighted by atomic mass is 19.4. The van der Waals surface area contributed by atoms with Crippen LogP contribution in [0.25, 0.3) is 11.3 Å². The van der Waals surface area contributed by atoms with E-state index in [4.69, 9.17) is 0 Å². The number of hydrogen-bond acceptors (Lipinski definition) is 3. The number of nitrogens with one attached hydrogen (secondary N) is 1. The van der Waals surface area contributed by atoms with Crippen LogP contribution in [-0.2, 0) is 6.18 Å². The molecular formula is C14H14F3N3. The molecular weight excluding hydrogens is 267 g/mol. The maximum Gasteiger partial charge on any atom is 0.417 e. The molecule has 2 rings (SSSR count). The molecule has 0 fully saturated rings. The van der Waals surface area contributed by atoms with E-state index < -0.39 is 11.7 Å². The molecule has 2 aromatic rings. The summed E-state index contributed by atoms with van der Waals surface area (Å²) in [5.41, 5.74) is 0.274. The summed E-state index contributed by atoms with van der Waals surface area (Å²) in [4.78, 5) is 8.23. The molecule has 0 aliphatic carbocycles. The smallest absolute Gasteiger partial charge is 0.354 e. The van der Waals surface area contributed by atoms with Crippen molar-refractivity contribution in [1.82, 2.24) is 9.97 Å². The van der Waals surface area contributed by atoms with Crippen LogP contribution in [0, 0.1) is 6.92 Å². The third-order valence-corrected chi connectivity index (χ3v) is 2.79. The molecule has 0 bridgehead atoms. The first kappa shape index (κ1) is 14.3. The Balaban J connectivity index is 2.59. The molecule has 0 aliphatic rings. The van der Waals surface area contributed by atoms with Gasteiger partial charge in [0.1, 0.15) is 0 Å². The second-order valence-corrected chi connectivity index (χ2v) is 4.30. The fourth-order valence-corrected chi connectivity index (χ4v) is 1.89. The number of nitrogens with zero attached hydrogens (tertiary/aromatic N) is 2. The van der Waals surface area contributed by atoms with E-state index in [1.54, 1.807) is 13.0 Å². The van der Waals surface area contributed by atoms with Crippen LogP contribution >= 0.6 is 0 Å². The predicted molar refractivity (Wildman–Crippen MR) is 71.4 cm³/mol. The van der Waals surface area contributed by atoms with Crippen molar-refractivity contribution in [3.63, 3.8) is 0 Å². The van der Waals surface area contributed by atoms with Crippen LogP contribution in [0.1, 0.15) is 18.1 Å². The molecule has 6 heteroatoms. The van der Waals surface area contributed by atoms with E-state index in [1.807, 2.05) is 6.92 Å². The number of benzene rings is 1. The maximum absolute atomic E-state index is 13.1. The minimum absolute atomic E-state index is 0.0686. The van der Waals surface area contributed by atoms with E-state index in [9.17, 15) is 13.2 Å². The molecule has 0 atom stereocenters. The number of halogens is 3. The molecule has 0 saturated carbocycles. The Labute approximate surface area is 114 Å². The number of alkyl halides is 3. The van der Waals surface area contributed by atoms with Crippen molar-refractivity contribution in [1.29, 1.82) is 0 Å². The van der Waals surface area contributed by atoms with Crippen LogP contribution in [0.3, 0.4) is 0 Å². The summed E-state index contributed by atoms with van der Waals surface area (Å²) in [7, 11) is 0. The fraction of sp³-hybridized carbons (Fsp3) is 0.286. The van der Waals surface area contributed by atoms with E-state index in [1.165, 1.54) is 18.3 Å². The third-order valence-electron chi connectivity index (χ3n) is 2.79. The molecule has 0 unspecified atom stereocenters. The van der Waals surface area contributed by atoms with Gasteiger partial charge in [-0.2, -0.15) is 13.2 Å². The highest BCUT2D eigenvalue weighted by molar-refractivity contribution is 5.68. The second-order valence-electron chi connectivity index (χ2n) is 4.30. The van der Waals surface area contributed by atoms with E-state index >= 15 is 0 Å². The van der Waals surface area contributed by atoms with Crippen LogP contribution in [0.15, 0.2) is 30.5 Å². The molecule has 0 spiro atoms. The van der Waals surface area contributed by atoms with E-state index in [2.05, 4.69) is 15.3 Å². The van der Waals surface area contributed by atoms with E-state index in [0.29, 0.717) is 23.8 Å². The topological polar surface area (TPSA) is 37.8 Å². The van der Waals surface area contributed by atoms with Gasteiger partial charge < -0.3 is 5.32 Å². The molecule has 0 aliphatic heterocycles.